The zero-order chi connectivity index (χ0) is 33.5. The molecule has 0 radical (unpaired) electrons. The van der Waals surface area contributed by atoms with E-state index >= 15 is 0 Å². The molecule has 9 heteroatoms. The number of nitrogens with zero attached hydrogens (tertiary/aromatic N) is 3. The number of aromatic nitrogens is 2. The van der Waals surface area contributed by atoms with Gasteiger partial charge in [-0.3, -0.25) is 4.90 Å². The van der Waals surface area contributed by atoms with Gasteiger partial charge in [-0.15, -0.1) is 0 Å². The molecule has 0 unspecified atom stereocenters. The SMILES string of the molecule is CCCC[C@@H](c1c(-c2ccccc2)nc(-c2ccccc2)n1CCCC)N(Cc1ccc(S(N)(=O)=O)cc1)Cc1ccc2c(c1)OCO2. The number of unbranched alkanes of at least 4 members (excludes halogenated alkanes) is 2. The first-order valence-electron chi connectivity index (χ1n) is 16.8. The predicted octanol–water partition coefficient (Wildman–Crippen LogP) is 8.33. The molecule has 4 aromatic carbocycles. The predicted molar refractivity (Wildman–Crippen MR) is 190 cm³/mol. The highest BCUT2D eigenvalue weighted by Crippen LogP contribution is 2.40. The van der Waals surface area contributed by atoms with Gasteiger partial charge in [0.2, 0.25) is 16.8 Å². The zero-order valence-corrected chi connectivity index (χ0v) is 28.5. The normalized spacial score (nSPS) is 13.2. The third-order valence-corrected chi connectivity index (χ3v) is 9.80. The molecule has 0 amide bonds. The van der Waals surface area contributed by atoms with Gasteiger partial charge in [-0.2, -0.15) is 0 Å². The van der Waals surface area contributed by atoms with E-state index in [0.717, 1.165) is 83.9 Å². The van der Waals surface area contributed by atoms with Gasteiger partial charge in [-0.05, 0) is 48.2 Å². The van der Waals surface area contributed by atoms with Crippen LogP contribution < -0.4 is 14.6 Å². The Morgan fingerprint density at radius 3 is 2.08 bits per heavy atom. The fourth-order valence-electron chi connectivity index (χ4n) is 6.42. The number of rotatable bonds is 15. The molecular weight excluding hydrogens is 621 g/mol. The summed E-state index contributed by atoms with van der Waals surface area (Å²) in [7, 11) is -3.80. The van der Waals surface area contributed by atoms with Gasteiger partial charge in [0.1, 0.15) is 5.82 Å². The van der Waals surface area contributed by atoms with Gasteiger partial charge in [-0.25, -0.2) is 18.5 Å². The van der Waals surface area contributed by atoms with Crippen molar-refractivity contribution in [1.82, 2.24) is 14.5 Å². The summed E-state index contributed by atoms with van der Waals surface area (Å²) >= 11 is 0. The van der Waals surface area contributed by atoms with E-state index in [0.29, 0.717) is 13.1 Å². The molecule has 1 aliphatic rings. The van der Waals surface area contributed by atoms with E-state index in [1.54, 1.807) is 12.1 Å². The topological polar surface area (TPSA) is 99.7 Å². The van der Waals surface area contributed by atoms with Crippen LogP contribution >= 0.6 is 0 Å². The summed E-state index contributed by atoms with van der Waals surface area (Å²) in [5.74, 6) is 2.47. The van der Waals surface area contributed by atoms with Crippen molar-refractivity contribution in [2.24, 2.45) is 5.14 Å². The molecule has 8 nitrogen and oxygen atoms in total. The molecule has 0 bridgehead atoms. The van der Waals surface area contributed by atoms with Crippen molar-refractivity contribution in [2.75, 3.05) is 6.79 Å². The number of nitrogens with two attached hydrogens (primary N) is 1. The summed E-state index contributed by atoms with van der Waals surface area (Å²) in [6.45, 7) is 6.74. The number of primary sulfonamides is 1. The van der Waals surface area contributed by atoms with Crippen molar-refractivity contribution >= 4 is 10.0 Å². The quantitative estimate of drug-likeness (QED) is 0.121. The smallest absolute Gasteiger partial charge is 0.238 e. The third-order valence-electron chi connectivity index (χ3n) is 8.87. The Bertz CT molecular complexity index is 1910. The van der Waals surface area contributed by atoms with Gasteiger partial charge in [0.25, 0.3) is 0 Å². The van der Waals surface area contributed by atoms with Crippen LogP contribution in [0.4, 0.5) is 0 Å². The second-order valence-corrected chi connectivity index (χ2v) is 13.9. The molecular formula is C39H44N4O4S. The molecule has 1 atom stereocenters. The summed E-state index contributed by atoms with van der Waals surface area (Å²) in [5.41, 5.74) is 6.46. The molecule has 0 aliphatic carbocycles. The van der Waals surface area contributed by atoms with E-state index in [2.05, 4.69) is 84.0 Å². The fraction of sp³-hybridized carbons (Fsp3) is 0.308. The number of sulfonamides is 1. The monoisotopic (exact) mass is 664 g/mol. The summed E-state index contributed by atoms with van der Waals surface area (Å²) in [6, 6.07) is 34.0. The van der Waals surface area contributed by atoms with Crippen LogP contribution in [0.3, 0.4) is 0 Å². The minimum atomic E-state index is -3.80. The Labute approximate surface area is 284 Å². The minimum Gasteiger partial charge on any atom is -0.454 e. The van der Waals surface area contributed by atoms with E-state index in [4.69, 9.17) is 19.6 Å². The second-order valence-electron chi connectivity index (χ2n) is 12.3. The first kappa shape index (κ1) is 33.5. The molecule has 0 spiro atoms. The molecule has 5 aromatic rings. The van der Waals surface area contributed by atoms with Gasteiger partial charge in [-0.1, -0.05) is 112 Å². The third kappa shape index (κ3) is 7.65. The Balaban J connectivity index is 1.53. The summed E-state index contributed by atoms with van der Waals surface area (Å²) < 4.78 is 38.0. The Kier molecular flexibility index (Phi) is 10.6. The second kappa shape index (κ2) is 15.2. The Hall–Kier alpha value is -4.44. The minimum absolute atomic E-state index is 0.00897. The molecule has 48 heavy (non-hydrogen) atoms. The van der Waals surface area contributed by atoms with Gasteiger partial charge in [0.15, 0.2) is 11.5 Å². The number of ether oxygens (including phenoxy) is 2. The number of fused-ring (bicyclic) bond motifs is 1. The molecule has 250 valence electrons. The van der Waals surface area contributed by atoms with E-state index in [1.165, 1.54) is 5.69 Å². The highest BCUT2D eigenvalue weighted by molar-refractivity contribution is 7.89. The van der Waals surface area contributed by atoms with E-state index in [-0.39, 0.29) is 17.7 Å². The van der Waals surface area contributed by atoms with Crippen molar-refractivity contribution in [3.8, 4) is 34.1 Å². The Morgan fingerprint density at radius 1 is 0.792 bits per heavy atom. The van der Waals surface area contributed by atoms with Crippen LogP contribution in [-0.4, -0.2) is 29.7 Å². The first-order chi connectivity index (χ1) is 23.4. The number of hydrogen-bond acceptors (Lipinski definition) is 6. The average molecular weight is 665 g/mol. The molecule has 0 saturated carbocycles. The van der Waals surface area contributed by atoms with Crippen molar-refractivity contribution in [1.29, 1.82) is 0 Å². The molecule has 2 heterocycles. The molecule has 6 rings (SSSR count). The molecule has 1 aliphatic heterocycles. The maximum absolute atomic E-state index is 12.1. The standard InChI is InChI=1S/C39H44N4O4S/c1-3-5-17-34(38-37(31-13-9-7-10-14-31)41-39(43(38)24-6-4-2)32-15-11-8-12-16-32)42(26-29-18-21-33(22-19-29)48(40,44)45)27-30-20-23-35-36(25-30)47-28-46-35/h7-16,18-23,25,34H,3-6,17,24,26-28H2,1-2H3,(H2,40,44,45)/t34-/m0/s1. The van der Waals surface area contributed by atoms with Crippen LogP contribution in [0, 0.1) is 0 Å². The van der Waals surface area contributed by atoms with Crippen LogP contribution in [0.2, 0.25) is 0 Å². The van der Waals surface area contributed by atoms with Crippen LogP contribution in [0.1, 0.15) is 68.8 Å². The van der Waals surface area contributed by atoms with Gasteiger partial charge in [0, 0.05) is 30.8 Å². The van der Waals surface area contributed by atoms with Crippen molar-refractivity contribution in [3.05, 3.63) is 120 Å². The first-order valence-corrected chi connectivity index (χ1v) is 18.4. The van der Waals surface area contributed by atoms with E-state index < -0.39 is 10.0 Å². The van der Waals surface area contributed by atoms with Crippen LogP contribution in [0.5, 0.6) is 11.5 Å². The Morgan fingerprint density at radius 2 is 1.42 bits per heavy atom. The molecule has 0 fully saturated rings. The lowest BCUT2D eigenvalue weighted by molar-refractivity contribution is 0.159. The zero-order valence-electron chi connectivity index (χ0n) is 27.7. The number of benzene rings is 4. The summed E-state index contributed by atoms with van der Waals surface area (Å²) in [4.78, 5) is 8.04. The highest BCUT2D eigenvalue weighted by Gasteiger charge is 2.31. The molecule has 2 N–H and O–H groups in total. The summed E-state index contributed by atoms with van der Waals surface area (Å²) in [6.07, 6.45) is 5.08. The lowest BCUT2D eigenvalue weighted by Gasteiger charge is -2.34. The van der Waals surface area contributed by atoms with Crippen molar-refractivity contribution in [2.45, 2.75) is 76.5 Å². The highest BCUT2D eigenvalue weighted by atomic mass is 32.2. The van der Waals surface area contributed by atoms with Crippen LogP contribution in [0.25, 0.3) is 22.6 Å². The summed E-state index contributed by atoms with van der Waals surface area (Å²) in [5, 5.41) is 5.44. The maximum Gasteiger partial charge on any atom is 0.238 e. The van der Waals surface area contributed by atoms with Crippen LogP contribution in [0.15, 0.2) is 108 Å². The lowest BCUT2D eigenvalue weighted by atomic mass is 9.98. The van der Waals surface area contributed by atoms with Gasteiger partial charge >= 0.3 is 0 Å². The average Bonchev–Trinajstić information content (AvgIpc) is 3.73. The van der Waals surface area contributed by atoms with Gasteiger partial charge in [0.05, 0.1) is 22.3 Å². The fourth-order valence-corrected chi connectivity index (χ4v) is 6.94. The molecule has 0 saturated heterocycles. The molecule has 1 aromatic heterocycles. The lowest BCUT2D eigenvalue weighted by Crippen LogP contribution is -2.30. The van der Waals surface area contributed by atoms with E-state index in [1.807, 2.05) is 30.3 Å². The van der Waals surface area contributed by atoms with Gasteiger partial charge < -0.3 is 14.0 Å². The largest absolute Gasteiger partial charge is 0.454 e. The maximum atomic E-state index is 12.1. The van der Waals surface area contributed by atoms with E-state index in [9.17, 15) is 8.42 Å². The van der Waals surface area contributed by atoms with Crippen molar-refractivity contribution in [3.63, 3.8) is 0 Å². The number of imidazole rings is 1. The van der Waals surface area contributed by atoms with Crippen molar-refractivity contribution < 1.29 is 17.9 Å². The number of hydrogen-bond donors (Lipinski definition) is 1. The van der Waals surface area contributed by atoms with Crippen LogP contribution in [-0.2, 0) is 29.7 Å².